The van der Waals surface area contributed by atoms with Crippen LogP contribution in [0.3, 0.4) is 0 Å². The Hall–Kier alpha value is -2.61. The minimum Gasteiger partial charge on any atom is -0.444 e. The van der Waals surface area contributed by atoms with Crippen LogP contribution >= 0.6 is 0 Å². The quantitative estimate of drug-likeness (QED) is 0.756. The predicted molar refractivity (Wildman–Crippen MR) is 113 cm³/mol. The van der Waals surface area contributed by atoms with Gasteiger partial charge in [0.05, 0.1) is 12.6 Å². The highest BCUT2D eigenvalue weighted by Crippen LogP contribution is 2.35. The van der Waals surface area contributed by atoms with E-state index in [0.717, 1.165) is 10.9 Å². The number of nitrogens with zero attached hydrogens (tertiary/aromatic N) is 3. The number of ether oxygens (including phenoxy) is 2. The molecule has 1 amide bonds. The van der Waals surface area contributed by atoms with Crippen LogP contribution in [-0.2, 0) is 9.47 Å². The van der Waals surface area contributed by atoms with E-state index in [1.807, 2.05) is 26.8 Å². The Bertz CT molecular complexity index is 938. The third kappa shape index (κ3) is 4.92. The Kier molecular flexibility index (Phi) is 5.82. The van der Waals surface area contributed by atoms with Crippen molar-refractivity contribution in [2.45, 2.75) is 71.2 Å². The number of hydrogen-bond donors (Lipinski definition) is 1. The van der Waals surface area contributed by atoms with Crippen molar-refractivity contribution >= 4 is 23.2 Å². The van der Waals surface area contributed by atoms with Crippen LogP contribution in [0.4, 0.5) is 9.59 Å². The first-order valence-electron chi connectivity index (χ1n) is 10.2. The Morgan fingerprint density at radius 2 is 1.73 bits per heavy atom. The molecule has 2 atom stereocenters. The SMILES string of the molecule is CC(C)(C)OC(=O)N1CCC(c2cn(C(=O)OC(C)(C)C)c3ncccc23)[C@H](O)C1. The normalized spacial score (nSPS) is 20.3. The Labute approximate surface area is 176 Å². The first-order valence-corrected chi connectivity index (χ1v) is 10.2. The van der Waals surface area contributed by atoms with Crippen molar-refractivity contribution in [2.24, 2.45) is 0 Å². The van der Waals surface area contributed by atoms with E-state index in [2.05, 4.69) is 4.98 Å². The van der Waals surface area contributed by atoms with Crippen molar-refractivity contribution < 1.29 is 24.2 Å². The number of rotatable bonds is 1. The molecule has 8 heteroatoms. The molecule has 0 saturated carbocycles. The van der Waals surface area contributed by atoms with E-state index in [-0.39, 0.29) is 12.5 Å². The highest BCUT2D eigenvalue weighted by atomic mass is 16.6. The molecule has 0 radical (unpaired) electrons. The number of β-amino-alcohol motifs (C(OH)–C–C–N with tert-alkyl or cyclic N) is 1. The molecule has 1 unspecified atom stereocenters. The van der Waals surface area contributed by atoms with Gasteiger partial charge in [0.15, 0.2) is 0 Å². The maximum atomic E-state index is 12.7. The van der Waals surface area contributed by atoms with E-state index < -0.39 is 29.5 Å². The van der Waals surface area contributed by atoms with Crippen LogP contribution in [0.15, 0.2) is 24.5 Å². The molecule has 1 aliphatic rings. The number of amides is 1. The van der Waals surface area contributed by atoms with Crippen molar-refractivity contribution in [1.29, 1.82) is 0 Å². The second-order valence-electron chi connectivity index (χ2n) is 9.70. The first kappa shape index (κ1) is 22.1. The van der Waals surface area contributed by atoms with Gasteiger partial charge < -0.3 is 19.5 Å². The van der Waals surface area contributed by atoms with Crippen LogP contribution in [-0.4, -0.2) is 62.1 Å². The number of likely N-dealkylation sites (tertiary alicyclic amines) is 1. The maximum absolute atomic E-state index is 12.7. The van der Waals surface area contributed by atoms with Gasteiger partial charge in [0.25, 0.3) is 0 Å². The van der Waals surface area contributed by atoms with Gasteiger partial charge >= 0.3 is 12.2 Å². The van der Waals surface area contributed by atoms with Crippen molar-refractivity contribution in [3.63, 3.8) is 0 Å². The van der Waals surface area contributed by atoms with Gasteiger partial charge in [0, 0.05) is 30.2 Å². The highest BCUT2D eigenvalue weighted by molar-refractivity contribution is 5.90. The summed E-state index contributed by atoms with van der Waals surface area (Å²) in [5.74, 6) is -0.237. The fraction of sp³-hybridized carbons (Fsp3) is 0.591. The number of carbonyl (C=O) groups is 2. The predicted octanol–water partition coefficient (Wildman–Crippen LogP) is 3.90. The minimum absolute atomic E-state index is 0.166. The molecule has 8 nitrogen and oxygen atoms in total. The van der Waals surface area contributed by atoms with Gasteiger partial charge in [-0.1, -0.05) is 0 Å². The number of aromatic nitrogens is 2. The topological polar surface area (TPSA) is 93.9 Å². The van der Waals surface area contributed by atoms with Crippen LogP contribution in [0, 0.1) is 0 Å². The van der Waals surface area contributed by atoms with Crippen LogP contribution in [0.5, 0.6) is 0 Å². The molecule has 3 rings (SSSR count). The maximum Gasteiger partial charge on any atom is 0.420 e. The van der Waals surface area contributed by atoms with Crippen molar-refractivity contribution in [3.8, 4) is 0 Å². The fourth-order valence-electron chi connectivity index (χ4n) is 3.62. The van der Waals surface area contributed by atoms with Gasteiger partial charge in [-0.15, -0.1) is 0 Å². The number of hydrogen-bond acceptors (Lipinski definition) is 6. The molecule has 3 heterocycles. The van der Waals surface area contributed by atoms with Crippen molar-refractivity contribution in [1.82, 2.24) is 14.5 Å². The van der Waals surface area contributed by atoms with E-state index in [1.54, 1.807) is 39.2 Å². The van der Waals surface area contributed by atoms with Gasteiger partial charge in [0.1, 0.15) is 16.8 Å². The number of piperidine rings is 1. The zero-order valence-electron chi connectivity index (χ0n) is 18.5. The summed E-state index contributed by atoms with van der Waals surface area (Å²) in [6, 6.07) is 3.68. The van der Waals surface area contributed by atoms with E-state index >= 15 is 0 Å². The lowest BCUT2D eigenvalue weighted by molar-refractivity contribution is -0.00139. The lowest BCUT2D eigenvalue weighted by Crippen LogP contribution is -2.47. The van der Waals surface area contributed by atoms with Gasteiger partial charge in [-0.3, -0.25) is 0 Å². The molecule has 1 saturated heterocycles. The molecule has 2 aromatic rings. The lowest BCUT2D eigenvalue weighted by atomic mass is 9.87. The molecule has 30 heavy (non-hydrogen) atoms. The fourth-order valence-corrected chi connectivity index (χ4v) is 3.62. The summed E-state index contributed by atoms with van der Waals surface area (Å²) in [5.41, 5.74) is 0.0792. The third-order valence-electron chi connectivity index (χ3n) is 4.82. The zero-order valence-corrected chi connectivity index (χ0v) is 18.5. The molecule has 1 aliphatic heterocycles. The largest absolute Gasteiger partial charge is 0.444 e. The van der Waals surface area contributed by atoms with Crippen LogP contribution in [0.1, 0.15) is 59.4 Å². The summed E-state index contributed by atoms with van der Waals surface area (Å²) in [7, 11) is 0. The Morgan fingerprint density at radius 1 is 1.10 bits per heavy atom. The number of aliphatic hydroxyl groups excluding tert-OH is 1. The Balaban J connectivity index is 1.86. The Morgan fingerprint density at radius 3 is 2.33 bits per heavy atom. The monoisotopic (exact) mass is 417 g/mol. The number of pyridine rings is 1. The third-order valence-corrected chi connectivity index (χ3v) is 4.82. The second-order valence-corrected chi connectivity index (χ2v) is 9.70. The van der Waals surface area contributed by atoms with E-state index in [9.17, 15) is 14.7 Å². The van der Waals surface area contributed by atoms with Crippen LogP contribution in [0.2, 0.25) is 0 Å². The summed E-state index contributed by atoms with van der Waals surface area (Å²) < 4.78 is 12.3. The van der Waals surface area contributed by atoms with Gasteiger partial charge in [-0.25, -0.2) is 19.1 Å². The summed E-state index contributed by atoms with van der Waals surface area (Å²) in [6.45, 7) is 11.5. The molecule has 1 fully saturated rings. The zero-order chi connectivity index (χ0) is 22.3. The van der Waals surface area contributed by atoms with Crippen LogP contribution < -0.4 is 0 Å². The second kappa shape index (κ2) is 7.91. The molecular weight excluding hydrogens is 386 g/mol. The molecular formula is C22H31N3O5. The first-order chi connectivity index (χ1) is 13.9. The number of carbonyl (C=O) groups excluding carboxylic acids is 2. The summed E-state index contributed by atoms with van der Waals surface area (Å²) in [5, 5.41) is 11.6. The van der Waals surface area contributed by atoms with Crippen molar-refractivity contribution in [3.05, 3.63) is 30.1 Å². The van der Waals surface area contributed by atoms with Crippen LogP contribution in [0.25, 0.3) is 11.0 Å². The molecule has 1 N–H and O–H groups in total. The molecule has 2 aromatic heterocycles. The molecule has 0 aliphatic carbocycles. The highest BCUT2D eigenvalue weighted by Gasteiger charge is 2.35. The van der Waals surface area contributed by atoms with E-state index in [0.29, 0.717) is 18.6 Å². The minimum atomic E-state index is -0.788. The summed E-state index contributed by atoms with van der Waals surface area (Å²) in [6.07, 6.45) is 2.13. The molecule has 0 aromatic carbocycles. The van der Waals surface area contributed by atoms with Gasteiger partial charge in [-0.2, -0.15) is 0 Å². The average molecular weight is 418 g/mol. The van der Waals surface area contributed by atoms with E-state index in [1.165, 1.54) is 9.47 Å². The summed E-state index contributed by atoms with van der Waals surface area (Å²) in [4.78, 5) is 30.9. The molecule has 164 valence electrons. The van der Waals surface area contributed by atoms with Gasteiger partial charge in [-0.05, 0) is 65.7 Å². The van der Waals surface area contributed by atoms with Gasteiger partial charge in [0.2, 0.25) is 0 Å². The standard InChI is InChI=1S/C22H31N3O5/c1-21(2,3)29-19(27)24-11-9-14(17(26)13-24)16-12-25(20(28)30-22(4,5)6)18-15(16)8-7-10-23-18/h7-8,10,12,14,17,26H,9,11,13H2,1-6H3/t14?,17-/m1/s1. The lowest BCUT2D eigenvalue weighted by Gasteiger charge is -2.36. The average Bonchev–Trinajstić information content (AvgIpc) is 2.98. The smallest absolute Gasteiger partial charge is 0.420 e. The number of fused-ring (bicyclic) bond motifs is 1. The molecule has 0 spiro atoms. The van der Waals surface area contributed by atoms with E-state index in [4.69, 9.17) is 9.47 Å². The summed E-state index contributed by atoms with van der Waals surface area (Å²) >= 11 is 0. The number of aliphatic hydroxyl groups is 1. The van der Waals surface area contributed by atoms with Crippen molar-refractivity contribution in [2.75, 3.05) is 13.1 Å². The molecule has 0 bridgehead atoms.